The van der Waals surface area contributed by atoms with Crippen molar-refractivity contribution in [1.82, 2.24) is 9.80 Å². The lowest BCUT2D eigenvalue weighted by molar-refractivity contribution is -0.118. The highest BCUT2D eigenvalue weighted by Gasteiger charge is 2.33. The van der Waals surface area contributed by atoms with Crippen LogP contribution in [0.15, 0.2) is 0 Å². The predicted octanol–water partition coefficient (Wildman–Crippen LogP) is 2.94. The minimum absolute atomic E-state index is 0.0327. The van der Waals surface area contributed by atoms with E-state index in [1.807, 2.05) is 0 Å². The van der Waals surface area contributed by atoms with Crippen LogP contribution >= 0.6 is 0 Å². The number of carbonyl (C=O) groups is 1. The molecule has 20 heavy (non-hydrogen) atoms. The van der Waals surface area contributed by atoms with Crippen LogP contribution in [0.2, 0.25) is 0 Å². The molecule has 0 aromatic carbocycles. The monoisotopic (exact) mass is 280 g/mol. The quantitative estimate of drug-likeness (QED) is 0.571. The van der Waals surface area contributed by atoms with Crippen molar-refractivity contribution < 1.29 is 4.79 Å². The fourth-order valence-electron chi connectivity index (χ4n) is 3.81. The Hall–Kier alpha value is -0.410. The highest BCUT2D eigenvalue weighted by Crippen LogP contribution is 2.34. The van der Waals surface area contributed by atoms with Gasteiger partial charge in [0, 0.05) is 44.2 Å². The molecule has 1 saturated carbocycles. The van der Waals surface area contributed by atoms with Gasteiger partial charge in [0.25, 0.3) is 0 Å². The summed E-state index contributed by atoms with van der Waals surface area (Å²) in [6, 6.07) is 0.704. The third kappa shape index (κ3) is 4.05. The summed E-state index contributed by atoms with van der Waals surface area (Å²) < 4.78 is 0. The fourth-order valence-corrected chi connectivity index (χ4v) is 3.81. The first-order chi connectivity index (χ1) is 9.69. The molecular formula is C17H32N2O. The molecule has 1 aliphatic carbocycles. The second-order valence-electron chi connectivity index (χ2n) is 6.96. The van der Waals surface area contributed by atoms with Crippen LogP contribution in [0, 0.1) is 5.41 Å². The smallest absolute Gasteiger partial charge is 0.127 e. The molecule has 3 heteroatoms. The Kier molecular flexibility index (Phi) is 6.03. The molecule has 0 spiro atoms. The Bertz CT molecular complexity index is 289. The summed E-state index contributed by atoms with van der Waals surface area (Å²) in [6.07, 6.45) is 9.87. The lowest BCUT2D eigenvalue weighted by Gasteiger charge is -2.41. The molecule has 1 saturated heterocycles. The molecule has 0 aromatic heterocycles. The zero-order valence-corrected chi connectivity index (χ0v) is 13.4. The van der Waals surface area contributed by atoms with E-state index in [0.717, 1.165) is 32.5 Å². The molecule has 1 unspecified atom stereocenters. The lowest BCUT2D eigenvalue weighted by atomic mass is 9.81. The first-order valence-corrected chi connectivity index (χ1v) is 8.62. The lowest BCUT2D eigenvalue weighted by Crippen LogP contribution is -2.52. The molecule has 1 heterocycles. The molecule has 0 radical (unpaired) electrons. The summed E-state index contributed by atoms with van der Waals surface area (Å²) in [5.41, 5.74) is -0.0327. The first-order valence-electron chi connectivity index (χ1n) is 8.62. The summed E-state index contributed by atoms with van der Waals surface area (Å²) in [7, 11) is 0. The largest absolute Gasteiger partial charge is 0.303 e. The van der Waals surface area contributed by atoms with Crippen LogP contribution in [0.3, 0.4) is 0 Å². The van der Waals surface area contributed by atoms with Gasteiger partial charge in [0.05, 0.1) is 0 Å². The zero-order valence-electron chi connectivity index (χ0n) is 13.4. The molecule has 0 amide bonds. The first kappa shape index (κ1) is 16.0. The van der Waals surface area contributed by atoms with E-state index >= 15 is 0 Å². The molecule has 3 nitrogen and oxygen atoms in total. The number of piperazine rings is 1. The molecule has 1 atom stereocenters. The number of hydrogen-bond acceptors (Lipinski definition) is 3. The Morgan fingerprint density at radius 3 is 2.15 bits per heavy atom. The topological polar surface area (TPSA) is 23.6 Å². The number of aldehydes is 1. The highest BCUT2D eigenvalue weighted by atomic mass is 16.1. The average molecular weight is 280 g/mol. The van der Waals surface area contributed by atoms with E-state index in [9.17, 15) is 4.79 Å². The maximum absolute atomic E-state index is 11.7. The molecule has 0 aromatic rings. The van der Waals surface area contributed by atoms with E-state index in [1.54, 1.807) is 0 Å². The maximum atomic E-state index is 11.7. The molecule has 116 valence electrons. The Labute approximate surface area is 124 Å². The summed E-state index contributed by atoms with van der Waals surface area (Å²) >= 11 is 0. The minimum atomic E-state index is -0.0327. The Balaban J connectivity index is 1.85. The van der Waals surface area contributed by atoms with Gasteiger partial charge < -0.3 is 4.79 Å². The second-order valence-corrected chi connectivity index (χ2v) is 6.96. The molecule has 1 aliphatic heterocycles. The van der Waals surface area contributed by atoms with Gasteiger partial charge in [-0.2, -0.15) is 0 Å². The van der Waals surface area contributed by atoms with E-state index in [4.69, 9.17) is 0 Å². The third-order valence-electron chi connectivity index (χ3n) is 5.51. The average Bonchev–Trinajstić information content (AvgIpc) is 2.73. The van der Waals surface area contributed by atoms with E-state index in [1.165, 1.54) is 51.5 Å². The van der Waals surface area contributed by atoms with Crippen LogP contribution in [-0.2, 0) is 4.79 Å². The molecule has 2 rings (SSSR count). The molecule has 2 fully saturated rings. The third-order valence-corrected chi connectivity index (χ3v) is 5.51. The van der Waals surface area contributed by atoms with Crippen molar-refractivity contribution in [3.63, 3.8) is 0 Å². The van der Waals surface area contributed by atoms with Crippen molar-refractivity contribution in [1.29, 1.82) is 0 Å². The van der Waals surface area contributed by atoms with E-state index in [-0.39, 0.29) is 5.41 Å². The second kappa shape index (κ2) is 7.56. The molecule has 0 N–H and O–H groups in total. The van der Waals surface area contributed by atoms with Gasteiger partial charge in [-0.1, -0.05) is 32.6 Å². The normalized spacial score (nSPS) is 26.9. The zero-order chi connectivity index (χ0) is 14.4. The van der Waals surface area contributed by atoms with Crippen molar-refractivity contribution in [3.05, 3.63) is 0 Å². The van der Waals surface area contributed by atoms with Gasteiger partial charge in [0.2, 0.25) is 0 Å². The van der Waals surface area contributed by atoms with E-state index in [0.29, 0.717) is 6.04 Å². The summed E-state index contributed by atoms with van der Waals surface area (Å²) in [4.78, 5) is 16.8. The van der Waals surface area contributed by atoms with Crippen molar-refractivity contribution in [2.24, 2.45) is 5.41 Å². The SMILES string of the molecule is CCC(C)N1CCN(CC2(C=O)CCCCCC2)CC1. The minimum Gasteiger partial charge on any atom is -0.303 e. The van der Waals surface area contributed by atoms with Crippen LogP contribution in [0.4, 0.5) is 0 Å². The van der Waals surface area contributed by atoms with Gasteiger partial charge in [-0.15, -0.1) is 0 Å². The number of rotatable bonds is 5. The standard InChI is InChI=1S/C17H32N2O/c1-3-16(2)19-12-10-18(11-13-19)14-17(15-20)8-6-4-5-7-9-17/h15-16H,3-14H2,1-2H3. The van der Waals surface area contributed by atoms with Crippen molar-refractivity contribution >= 4 is 6.29 Å². The molecule has 0 bridgehead atoms. The molecular weight excluding hydrogens is 248 g/mol. The number of hydrogen-bond donors (Lipinski definition) is 0. The van der Waals surface area contributed by atoms with Gasteiger partial charge in [-0.05, 0) is 26.2 Å². The fraction of sp³-hybridized carbons (Fsp3) is 0.941. The van der Waals surface area contributed by atoms with Gasteiger partial charge in [-0.25, -0.2) is 0 Å². The van der Waals surface area contributed by atoms with Crippen LogP contribution in [0.25, 0.3) is 0 Å². The number of nitrogens with zero attached hydrogens (tertiary/aromatic N) is 2. The van der Waals surface area contributed by atoms with Crippen molar-refractivity contribution in [3.8, 4) is 0 Å². The van der Waals surface area contributed by atoms with Crippen LogP contribution < -0.4 is 0 Å². The predicted molar refractivity (Wildman–Crippen MR) is 84.0 cm³/mol. The summed E-state index contributed by atoms with van der Waals surface area (Å²) in [5.74, 6) is 0. The molecule has 2 aliphatic rings. The maximum Gasteiger partial charge on any atom is 0.127 e. The van der Waals surface area contributed by atoms with Gasteiger partial charge in [-0.3, -0.25) is 9.80 Å². The number of carbonyl (C=O) groups excluding carboxylic acids is 1. The van der Waals surface area contributed by atoms with Crippen molar-refractivity contribution in [2.75, 3.05) is 32.7 Å². The van der Waals surface area contributed by atoms with E-state index < -0.39 is 0 Å². The van der Waals surface area contributed by atoms with E-state index in [2.05, 4.69) is 23.6 Å². The summed E-state index contributed by atoms with van der Waals surface area (Å²) in [5, 5.41) is 0. The van der Waals surface area contributed by atoms with Gasteiger partial charge in [0.1, 0.15) is 6.29 Å². The van der Waals surface area contributed by atoms with Gasteiger partial charge in [0.15, 0.2) is 0 Å². The van der Waals surface area contributed by atoms with Crippen LogP contribution in [0.5, 0.6) is 0 Å². The Morgan fingerprint density at radius 1 is 1.05 bits per heavy atom. The van der Waals surface area contributed by atoms with Crippen LogP contribution in [0.1, 0.15) is 58.8 Å². The Morgan fingerprint density at radius 2 is 1.65 bits per heavy atom. The van der Waals surface area contributed by atoms with Crippen molar-refractivity contribution in [2.45, 2.75) is 64.8 Å². The van der Waals surface area contributed by atoms with Gasteiger partial charge >= 0.3 is 0 Å². The summed E-state index contributed by atoms with van der Waals surface area (Å²) in [6.45, 7) is 10.2. The van der Waals surface area contributed by atoms with Crippen LogP contribution in [-0.4, -0.2) is 54.9 Å². The highest BCUT2D eigenvalue weighted by molar-refractivity contribution is 5.59.